The third-order valence-electron chi connectivity index (χ3n) is 4.65. The highest BCUT2D eigenvalue weighted by Gasteiger charge is 2.35. The molecule has 0 aliphatic carbocycles. The molecule has 110 valence electrons. The van der Waals surface area contributed by atoms with Gasteiger partial charge in [0.15, 0.2) is 0 Å². The molecule has 0 radical (unpaired) electrons. The molecule has 0 aromatic heterocycles. The van der Waals surface area contributed by atoms with Crippen LogP contribution in [0.1, 0.15) is 12.0 Å². The smallest absolute Gasteiger partial charge is 0.118 e. The standard InChI is InChI=1S/C16H24N2O2/c1-20-14-5-2-13(3-6-14)4-7-16(19)15-12-17-8-10-18(15)11-9-17/h2-3,5-6,15-16,19H,4,7-12H2,1H3. The van der Waals surface area contributed by atoms with Gasteiger partial charge >= 0.3 is 0 Å². The van der Waals surface area contributed by atoms with Crippen molar-refractivity contribution in [3.8, 4) is 5.75 Å². The number of benzene rings is 1. The fraction of sp³-hybridized carbons (Fsp3) is 0.625. The summed E-state index contributed by atoms with van der Waals surface area (Å²) in [5.74, 6) is 0.887. The number of aliphatic hydroxyl groups excluding tert-OH is 1. The summed E-state index contributed by atoms with van der Waals surface area (Å²) in [6.45, 7) is 5.60. The Morgan fingerprint density at radius 1 is 1.20 bits per heavy atom. The summed E-state index contributed by atoms with van der Waals surface area (Å²) in [6, 6.07) is 8.47. The maximum Gasteiger partial charge on any atom is 0.118 e. The lowest BCUT2D eigenvalue weighted by atomic mass is 9.97. The first-order valence-corrected chi connectivity index (χ1v) is 7.53. The monoisotopic (exact) mass is 276 g/mol. The van der Waals surface area contributed by atoms with Gasteiger partial charge < -0.3 is 9.84 Å². The Morgan fingerprint density at radius 3 is 2.45 bits per heavy atom. The van der Waals surface area contributed by atoms with Crippen molar-refractivity contribution in [3.63, 3.8) is 0 Å². The Balaban J connectivity index is 1.52. The lowest BCUT2D eigenvalue weighted by Gasteiger charge is -2.49. The molecule has 3 fully saturated rings. The number of rotatable bonds is 5. The quantitative estimate of drug-likeness (QED) is 0.870. The van der Waals surface area contributed by atoms with E-state index in [9.17, 15) is 5.11 Å². The van der Waals surface area contributed by atoms with Crippen molar-refractivity contribution in [2.24, 2.45) is 0 Å². The van der Waals surface area contributed by atoms with Gasteiger partial charge in [0.25, 0.3) is 0 Å². The van der Waals surface area contributed by atoms with Gasteiger partial charge in [0.2, 0.25) is 0 Å². The third-order valence-corrected chi connectivity index (χ3v) is 4.65. The number of ether oxygens (including phenoxy) is 1. The zero-order chi connectivity index (χ0) is 13.9. The molecule has 1 N–H and O–H groups in total. The van der Waals surface area contributed by atoms with Gasteiger partial charge in [-0.15, -0.1) is 0 Å². The molecule has 2 bridgehead atoms. The second kappa shape index (κ2) is 6.12. The SMILES string of the molecule is COc1ccc(CCC(O)C2CN3CCN2CC3)cc1. The summed E-state index contributed by atoms with van der Waals surface area (Å²) in [5.41, 5.74) is 1.26. The van der Waals surface area contributed by atoms with Crippen molar-refractivity contribution < 1.29 is 9.84 Å². The van der Waals surface area contributed by atoms with E-state index in [0.717, 1.165) is 38.2 Å². The maximum atomic E-state index is 10.5. The molecule has 1 aromatic carbocycles. The highest BCUT2D eigenvalue weighted by Crippen LogP contribution is 2.21. The van der Waals surface area contributed by atoms with E-state index in [1.54, 1.807) is 7.11 Å². The average molecular weight is 276 g/mol. The minimum atomic E-state index is -0.222. The van der Waals surface area contributed by atoms with E-state index in [1.807, 2.05) is 12.1 Å². The number of hydrogen-bond acceptors (Lipinski definition) is 4. The van der Waals surface area contributed by atoms with Crippen LogP contribution >= 0.6 is 0 Å². The number of piperazine rings is 3. The van der Waals surface area contributed by atoms with E-state index in [0.29, 0.717) is 6.04 Å². The first-order valence-electron chi connectivity index (χ1n) is 7.53. The van der Waals surface area contributed by atoms with Gasteiger partial charge in [-0.05, 0) is 30.5 Å². The summed E-state index contributed by atoms with van der Waals surface area (Å²) in [7, 11) is 1.68. The minimum absolute atomic E-state index is 0.222. The van der Waals surface area contributed by atoms with E-state index in [2.05, 4.69) is 21.9 Å². The molecule has 20 heavy (non-hydrogen) atoms. The number of methoxy groups -OCH3 is 1. The zero-order valence-electron chi connectivity index (χ0n) is 12.2. The second-order valence-electron chi connectivity index (χ2n) is 5.86. The highest BCUT2D eigenvalue weighted by atomic mass is 16.5. The normalized spacial score (nSPS) is 30.2. The first kappa shape index (κ1) is 13.9. The molecule has 3 saturated heterocycles. The van der Waals surface area contributed by atoms with Crippen LogP contribution in [0.4, 0.5) is 0 Å². The number of hydrogen-bond donors (Lipinski definition) is 1. The second-order valence-corrected chi connectivity index (χ2v) is 5.86. The summed E-state index contributed by atoms with van der Waals surface area (Å²) in [6.07, 6.45) is 1.54. The van der Waals surface area contributed by atoms with Crippen molar-refractivity contribution in [2.75, 3.05) is 39.8 Å². The highest BCUT2D eigenvalue weighted by molar-refractivity contribution is 5.27. The van der Waals surface area contributed by atoms with Gasteiger partial charge in [-0.25, -0.2) is 0 Å². The summed E-state index contributed by atoms with van der Waals surface area (Å²) in [5, 5.41) is 10.5. The maximum absolute atomic E-state index is 10.5. The van der Waals surface area contributed by atoms with E-state index in [-0.39, 0.29) is 6.10 Å². The van der Waals surface area contributed by atoms with Crippen molar-refractivity contribution >= 4 is 0 Å². The number of fused-ring (bicyclic) bond motifs is 3. The molecule has 4 nitrogen and oxygen atoms in total. The van der Waals surface area contributed by atoms with Crippen molar-refractivity contribution in [1.29, 1.82) is 0 Å². The predicted molar refractivity (Wildman–Crippen MR) is 79.1 cm³/mol. The van der Waals surface area contributed by atoms with Crippen LogP contribution in [-0.4, -0.2) is 66.9 Å². The lowest BCUT2D eigenvalue weighted by molar-refractivity contribution is -0.0478. The zero-order valence-corrected chi connectivity index (χ0v) is 12.2. The molecule has 0 spiro atoms. The largest absolute Gasteiger partial charge is 0.497 e. The van der Waals surface area contributed by atoms with Gasteiger partial charge in [-0.1, -0.05) is 12.1 Å². The van der Waals surface area contributed by atoms with Crippen LogP contribution in [0.15, 0.2) is 24.3 Å². The van der Waals surface area contributed by atoms with E-state index in [4.69, 9.17) is 4.74 Å². The Hall–Kier alpha value is -1.10. The van der Waals surface area contributed by atoms with Crippen LogP contribution in [0.3, 0.4) is 0 Å². The molecular weight excluding hydrogens is 252 g/mol. The van der Waals surface area contributed by atoms with Crippen molar-refractivity contribution in [3.05, 3.63) is 29.8 Å². The minimum Gasteiger partial charge on any atom is -0.497 e. The molecule has 2 atom stereocenters. The fourth-order valence-corrected chi connectivity index (χ4v) is 3.32. The van der Waals surface area contributed by atoms with Gasteiger partial charge in [-0.3, -0.25) is 9.80 Å². The molecule has 0 saturated carbocycles. The molecular formula is C16H24N2O2. The fourth-order valence-electron chi connectivity index (χ4n) is 3.32. The molecule has 4 rings (SSSR count). The Labute approximate surface area is 120 Å². The van der Waals surface area contributed by atoms with E-state index in [1.165, 1.54) is 18.7 Å². The summed E-state index contributed by atoms with van der Waals surface area (Å²) < 4.78 is 5.16. The van der Waals surface area contributed by atoms with Crippen molar-refractivity contribution in [1.82, 2.24) is 9.80 Å². The van der Waals surface area contributed by atoms with Gasteiger partial charge in [0, 0.05) is 38.8 Å². The van der Waals surface area contributed by atoms with Crippen LogP contribution in [0.2, 0.25) is 0 Å². The van der Waals surface area contributed by atoms with Crippen LogP contribution in [0, 0.1) is 0 Å². The van der Waals surface area contributed by atoms with Crippen LogP contribution < -0.4 is 4.74 Å². The molecule has 3 aliphatic heterocycles. The molecule has 1 aromatic rings. The summed E-state index contributed by atoms with van der Waals surface area (Å²) in [4.78, 5) is 4.93. The van der Waals surface area contributed by atoms with Crippen LogP contribution in [0.5, 0.6) is 5.75 Å². The molecule has 3 aliphatic rings. The third kappa shape index (κ3) is 2.97. The number of nitrogens with zero attached hydrogens (tertiary/aromatic N) is 2. The average Bonchev–Trinajstić information content (AvgIpc) is 2.54. The molecule has 0 amide bonds. The first-order chi connectivity index (χ1) is 9.76. The van der Waals surface area contributed by atoms with Gasteiger partial charge in [0.1, 0.15) is 5.75 Å². The Bertz CT molecular complexity index is 427. The molecule has 3 heterocycles. The molecule has 4 heteroatoms. The van der Waals surface area contributed by atoms with Crippen LogP contribution in [0.25, 0.3) is 0 Å². The Morgan fingerprint density at radius 2 is 1.90 bits per heavy atom. The number of aliphatic hydroxyl groups is 1. The van der Waals surface area contributed by atoms with E-state index < -0.39 is 0 Å². The van der Waals surface area contributed by atoms with Crippen molar-refractivity contribution in [2.45, 2.75) is 25.0 Å². The summed E-state index contributed by atoms with van der Waals surface area (Å²) >= 11 is 0. The molecule has 2 unspecified atom stereocenters. The van der Waals surface area contributed by atoms with Crippen LogP contribution in [-0.2, 0) is 6.42 Å². The van der Waals surface area contributed by atoms with Gasteiger partial charge in [0.05, 0.1) is 13.2 Å². The predicted octanol–water partition coefficient (Wildman–Crippen LogP) is 0.988. The topological polar surface area (TPSA) is 35.9 Å². The lowest BCUT2D eigenvalue weighted by Crippen LogP contribution is -2.64. The Kier molecular flexibility index (Phi) is 4.24. The number of aryl methyl sites for hydroxylation is 1. The van der Waals surface area contributed by atoms with E-state index >= 15 is 0 Å². The van der Waals surface area contributed by atoms with Gasteiger partial charge in [-0.2, -0.15) is 0 Å².